The highest BCUT2D eigenvalue weighted by molar-refractivity contribution is 5.95. The molecule has 0 aromatic carbocycles. The lowest BCUT2D eigenvalue weighted by molar-refractivity contribution is -0.130. The second kappa shape index (κ2) is 2.90. The number of hydrogen-bond donors (Lipinski definition) is 1. The Morgan fingerprint density at radius 3 is 2.75 bits per heavy atom. The van der Waals surface area contributed by atoms with Crippen molar-refractivity contribution in [1.82, 2.24) is 4.90 Å². The molecule has 3 nitrogen and oxygen atoms in total. The largest absolute Gasteiger partial charge is 0.382 e. The van der Waals surface area contributed by atoms with Crippen molar-refractivity contribution in [2.75, 3.05) is 6.54 Å². The number of likely N-dealkylation sites (N-methyl/N-ethyl adjacent to an activating group) is 1. The van der Waals surface area contributed by atoms with Crippen molar-refractivity contribution in [1.29, 1.82) is 0 Å². The molecule has 1 heterocycles. The van der Waals surface area contributed by atoms with Gasteiger partial charge in [-0.2, -0.15) is 0 Å². The first-order valence-electron chi connectivity index (χ1n) is 4.17. The molecule has 12 heavy (non-hydrogen) atoms. The van der Waals surface area contributed by atoms with Crippen molar-refractivity contribution >= 4 is 5.78 Å². The first-order valence-corrected chi connectivity index (χ1v) is 4.17. The van der Waals surface area contributed by atoms with Gasteiger partial charge in [0.25, 0.3) is 0 Å². The summed E-state index contributed by atoms with van der Waals surface area (Å²) in [7, 11) is 0. The van der Waals surface area contributed by atoms with Crippen molar-refractivity contribution < 1.29 is 9.90 Å². The van der Waals surface area contributed by atoms with Crippen LogP contribution in [0.5, 0.6) is 0 Å². The van der Waals surface area contributed by atoms with Crippen LogP contribution in [0.2, 0.25) is 0 Å². The van der Waals surface area contributed by atoms with E-state index in [0.29, 0.717) is 0 Å². The normalized spacial score (nSPS) is 27.8. The number of aliphatic hydroxyl groups excluding tert-OH is 1. The molecule has 1 unspecified atom stereocenters. The highest BCUT2D eigenvalue weighted by Gasteiger charge is 2.38. The van der Waals surface area contributed by atoms with Crippen LogP contribution in [0, 0.1) is 0 Å². The van der Waals surface area contributed by atoms with E-state index < -0.39 is 11.6 Å². The molecule has 0 saturated heterocycles. The summed E-state index contributed by atoms with van der Waals surface area (Å²) in [6.07, 6.45) is 2.27. The Bertz CT molecular complexity index is 221. The molecule has 0 aliphatic carbocycles. The summed E-state index contributed by atoms with van der Waals surface area (Å²) >= 11 is 0. The number of aliphatic hydroxyl groups is 1. The van der Waals surface area contributed by atoms with Gasteiger partial charge in [-0.25, -0.2) is 0 Å². The zero-order valence-electron chi connectivity index (χ0n) is 7.74. The minimum Gasteiger partial charge on any atom is -0.382 e. The lowest BCUT2D eigenvalue weighted by Gasteiger charge is -2.42. The highest BCUT2D eigenvalue weighted by Crippen LogP contribution is 2.23. The first-order chi connectivity index (χ1) is 5.50. The maximum atomic E-state index is 11.1. The smallest absolute Gasteiger partial charge is 0.187 e. The van der Waals surface area contributed by atoms with Crippen LogP contribution >= 0.6 is 0 Å². The van der Waals surface area contributed by atoms with Gasteiger partial charge < -0.3 is 10.0 Å². The quantitative estimate of drug-likeness (QED) is 0.623. The number of carbonyl (C=O) groups excluding carboxylic acids is 1. The SMILES string of the molecule is CCN1C=CC(=O)C(O)C1(C)C. The molecule has 68 valence electrons. The topological polar surface area (TPSA) is 40.5 Å². The lowest BCUT2D eigenvalue weighted by atomic mass is 9.89. The predicted molar refractivity (Wildman–Crippen MR) is 46.6 cm³/mol. The fraction of sp³-hybridized carbons (Fsp3) is 0.667. The van der Waals surface area contributed by atoms with Crippen molar-refractivity contribution in [3.05, 3.63) is 12.3 Å². The fourth-order valence-corrected chi connectivity index (χ4v) is 1.46. The third-order valence-electron chi connectivity index (χ3n) is 2.44. The van der Waals surface area contributed by atoms with E-state index in [2.05, 4.69) is 0 Å². The maximum Gasteiger partial charge on any atom is 0.187 e. The molecule has 0 aromatic rings. The van der Waals surface area contributed by atoms with Gasteiger partial charge in [0.15, 0.2) is 5.78 Å². The van der Waals surface area contributed by atoms with Crippen LogP contribution in [-0.4, -0.2) is 34.0 Å². The zero-order valence-corrected chi connectivity index (χ0v) is 7.74. The number of hydrogen-bond acceptors (Lipinski definition) is 3. The fourth-order valence-electron chi connectivity index (χ4n) is 1.46. The lowest BCUT2D eigenvalue weighted by Crippen LogP contribution is -2.55. The molecule has 0 aromatic heterocycles. The summed E-state index contributed by atoms with van der Waals surface area (Å²) in [6.45, 7) is 6.52. The van der Waals surface area contributed by atoms with Gasteiger partial charge >= 0.3 is 0 Å². The van der Waals surface area contributed by atoms with E-state index in [0.717, 1.165) is 6.54 Å². The Morgan fingerprint density at radius 2 is 2.25 bits per heavy atom. The van der Waals surface area contributed by atoms with Crippen LogP contribution in [0.25, 0.3) is 0 Å². The van der Waals surface area contributed by atoms with E-state index in [1.807, 2.05) is 25.7 Å². The Hall–Kier alpha value is -0.830. The molecule has 1 N–H and O–H groups in total. The molecule has 0 saturated carbocycles. The molecule has 1 rings (SSSR count). The molecule has 0 spiro atoms. The molecule has 1 atom stereocenters. The molecular weight excluding hydrogens is 154 g/mol. The van der Waals surface area contributed by atoms with Crippen molar-refractivity contribution in [3.8, 4) is 0 Å². The van der Waals surface area contributed by atoms with Gasteiger partial charge in [0.05, 0.1) is 5.54 Å². The van der Waals surface area contributed by atoms with E-state index in [4.69, 9.17) is 0 Å². The molecule has 1 aliphatic heterocycles. The van der Waals surface area contributed by atoms with Crippen molar-refractivity contribution in [2.45, 2.75) is 32.4 Å². The van der Waals surface area contributed by atoms with E-state index in [1.165, 1.54) is 6.08 Å². The summed E-state index contributed by atoms with van der Waals surface area (Å²) in [6, 6.07) is 0. The minimum atomic E-state index is -0.901. The van der Waals surface area contributed by atoms with Crippen LogP contribution in [0.4, 0.5) is 0 Å². The Morgan fingerprint density at radius 1 is 1.67 bits per heavy atom. The van der Waals surface area contributed by atoms with Gasteiger partial charge in [0.1, 0.15) is 6.10 Å². The van der Waals surface area contributed by atoms with Gasteiger partial charge in [-0.3, -0.25) is 4.79 Å². The van der Waals surface area contributed by atoms with Gasteiger partial charge in [-0.15, -0.1) is 0 Å². The third-order valence-corrected chi connectivity index (χ3v) is 2.44. The van der Waals surface area contributed by atoms with Crippen molar-refractivity contribution in [2.24, 2.45) is 0 Å². The van der Waals surface area contributed by atoms with Crippen LogP contribution in [-0.2, 0) is 4.79 Å². The summed E-state index contributed by atoms with van der Waals surface area (Å²) in [4.78, 5) is 13.1. The van der Waals surface area contributed by atoms with E-state index in [1.54, 1.807) is 6.20 Å². The second-order valence-electron chi connectivity index (χ2n) is 3.56. The van der Waals surface area contributed by atoms with Crippen LogP contribution < -0.4 is 0 Å². The Labute approximate surface area is 72.7 Å². The molecule has 1 aliphatic rings. The molecular formula is C9H15NO2. The van der Waals surface area contributed by atoms with E-state index in [9.17, 15) is 9.90 Å². The number of ketones is 1. The number of rotatable bonds is 1. The van der Waals surface area contributed by atoms with Gasteiger partial charge in [0.2, 0.25) is 0 Å². The summed E-state index contributed by atoms with van der Waals surface area (Å²) in [5, 5.41) is 9.56. The molecule has 0 bridgehead atoms. The molecule has 3 heteroatoms. The minimum absolute atomic E-state index is 0.204. The van der Waals surface area contributed by atoms with Crippen LogP contribution in [0.3, 0.4) is 0 Å². The Balaban J connectivity index is 2.95. The number of nitrogens with zero attached hydrogens (tertiary/aromatic N) is 1. The van der Waals surface area contributed by atoms with Gasteiger partial charge in [0, 0.05) is 12.7 Å². The summed E-state index contributed by atoms with van der Waals surface area (Å²) in [5.41, 5.74) is -0.472. The third kappa shape index (κ3) is 1.25. The summed E-state index contributed by atoms with van der Waals surface area (Å²) in [5.74, 6) is -0.204. The monoisotopic (exact) mass is 169 g/mol. The first kappa shape index (κ1) is 9.26. The molecule has 0 amide bonds. The standard InChI is InChI=1S/C9H15NO2/c1-4-10-6-5-7(11)8(12)9(10,2)3/h5-6,8,12H,4H2,1-3H3. The van der Waals surface area contributed by atoms with Gasteiger partial charge in [-0.05, 0) is 26.8 Å². The highest BCUT2D eigenvalue weighted by atomic mass is 16.3. The van der Waals surface area contributed by atoms with E-state index >= 15 is 0 Å². The summed E-state index contributed by atoms with van der Waals surface area (Å²) < 4.78 is 0. The average Bonchev–Trinajstić information content (AvgIpc) is 2.01. The predicted octanol–water partition coefficient (Wildman–Crippen LogP) is 0.544. The van der Waals surface area contributed by atoms with Crippen LogP contribution in [0.15, 0.2) is 12.3 Å². The molecule has 0 fully saturated rings. The average molecular weight is 169 g/mol. The van der Waals surface area contributed by atoms with Gasteiger partial charge in [-0.1, -0.05) is 0 Å². The number of carbonyl (C=O) groups is 1. The van der Waals surface area contributed by atoms with Crippen molar-refractivity contribution in [3.63, 3.8) is 0 Å². The van der Waals surface area contributed by atoms with Crippen LogP contribution in [0.1, 0.15) is 20.8 Å². The second-order valence-corrected chi connectivity index (χ2v) is 3.56. The maximum absolute atomic E-state index is 11.1. The van der Waals surface area contributed by atoms with E-state index in [-0.39, 0.29) is 5.78 Å². The zero-order chi connectivity index (χ0) is 9.35. The molecule has 0 radical (unpaired) electrons. The Kier molecular flexibility index (Phi) is 2.24.